The van der Waals surface area contributed by atoms with E-state index >= 15 is 0 Å². The molecule has 0 bridgehead atoms. The smallest absolute Gasteiger partial charge is 0.371 e. The molecule has 0 atom stereocenters. The lowest BCUT2D eigenvalue weighted by Crippen LogP contribution is -1.99. The van der Waals surface area contributed by atoms with Crippen LogP contribution in [0.2, 0.25) is 0 Å². The van der Waals surface area contributed by atoms with E-state index in [9.17, 15) is 19.3 Å². The second kappa shape index (κ2) is 5.39. The SMILES string of the molecule is O=C(O)c1ccc(COc2ccc(F)cc2[N+](=O)[O-])o1. The average Bonchev–Trinajstić information content (AvgIpc) is 2.86. The number of nitro groups is 1. The van der Waals surface area contributed by atoms with Crippen LogP contribution < -0.4 is 4.74 Å². The van der Waals surface area contributed by atoms with Crippen molar-refractivity contribution < 1.29 is 28.4 Å². The van der Waals surface area contributed by atoms with Gasteiger partial charge in [-0.25, -0.2) is 9.18 Å². The highest BCUT2D eigenvalue weighted by atomic mass is 19.1. The molecular formula is C12H8FNO6. The Balaban J connectivity index is 2.14. The number of furan rings is 1. The molecule has 0 spiro atoms. The second-order valence-corrected chi connectivity index (χ2v) is 3.73. The first-order valence-corrected chi connectivity index (χ1v) is 5.36. The number of carbonyl (C=O) groups is 1. The summed E-state index contributed by atoms with van der Waals surface area (Å²) < 4.78 is 23.0. The number of nitrogens with zero attached hydrogens (tertiary/aromatic N) is 1. The van der Waals surface area contributed by atoms with Crippen LogP contribution in [0.1, 0.15) is 16.3 Å². The summed E-state index contributed by atoms with van der Waals surface area (Å²) in [6.45, 7) is -0.209. The summed E-state index contributed by atoms with van der Waals surface area (Å²) in [7, 11) is 0. The fraction of sp³-hybridized carbons (Fsp3) is 0.0833. The van der Waals surface area contributed by atoms with Gasteiger partial charge in [-0.2, -0.15) is 0 Å². The third-order valence-electron chi connectivity index (χ3n) is 2.36. The normalized spacial score (nSPS) is 10.2. The number of carboxylic acids is 1. The second-order valence-electron chi connectivity index (χ2n) is 3.73. The number of rotatable bonds is 5. The van der Waals surface area contributed by atoms with E-state index in [1.165, 1.54) is 12.1 Å². The minimum Gasteiger partial charge on any atom is -0.479 e. The van der Waals surface area contributed by atoms with Gasteiger partial charge >= 0.3 is 11.7 Å². The van der Waals surface area contributed by atoms with Gasteiger partial charge < -0.3 is 14.3 Å². The molecule has 104 valence electrons. The summed E-state index contributed by atoms with van der Waals surface area (Å²) >= 11 is 0. The molecule has 1 aromatic heterocycles. The van der Waals surface area contributed by atoms with Crippen LogP contribution in [0.5, 0.6) is 5.75 Å². The third-order valence-corrected chi connectivity index (χ3v) is 2.36. The van der Waals surface area contributed by atoms with Crippen LogP contribution in [-0.2, 0) is 6.61 Å². The molecule has 0 radical (unpaired) electrons. The van der Waals surface area contributed by atoms with Crippen molar-refractivity contribution in [3.05, 3.63) is 57.8 Å². The van der Waals surface area contributed by atoms with Gasteiger partial charge in [0.25, 0.3) is 0 Å². The number of nitro benzene ring substituents is 1. The molecule has 0 saturated carbocycles. The van der Waals surface area contributed by atoms with Crippen molar-refractivity contribution in [1.29, 1.82) is 0 Å². The molecule has 1 heterocycles. The zero-order valence-electron chi connectivity index (χ0n) is 9.91. The lowest BCUT2D eigenvalue weighted by Gasteiger charge is -2.04. The highest BCUT2D eigenvalue weighted by molar-refractivity contribution is 5.84. The van der Waals surface area contributed by atoms with Crippen molar-refractivity contribution in [2.24, 2.45) is 0 Å². The van der Waals surface area contributed by atoms with Gasteiger partial charge in [-0.15, -0.1) is 0 Å². The number of hydrogen-bond acceptors (Lipinski definition) is 5. The maximum absolute atomic E-state index is 12.9. The summed E-state index contributed by atoms with van der Waals surface area (Å²) in [4.78, 5) is 20.6. The number of benzene rings is 1. The summed E-state index contributed by atoms with van der Waals surface area (Å²) in [6, 6.07) is 5.49. The van der Waals surface area contributed by atoms with E-state index in [2.05, 4.69) is 0 Å². The lowest BCUT2D eigenvalue weighted by atomic mass is 10.3. The van der Waals surface area contributed by atoms with Gasteiger partial charge in [-0.3, -0.25) is 10.1 Å². The molecule has 0 amide bonds. The predicted molar refractivity (Wildman–Crippen MR) is 63.1 cm³/mol. The maximum Gasteiger partial charge on any atom is 0.371 e. The van der Waals surface area contributed by atoms with E-state index in [-0.39, 0.29) is 23.9 Å². The minimum atomic E-state index is -1.23. The standard InChI is InChI=1S/C12H8FNO6/c13-7-1-3-10(9(5-7)14(17)18)19-6-8-2-4-11(20-8)12(15)16/h1-5H,6H2,(H,15,16). The van der Waals surface area contributed by atoms with Crippen LogP contribution in [0, 0.1) is 15.9 Å². The van der Waals surface area contributed by atoms with Crippen molar-refractivity contribution in [3.63, 3.8) is 0 Å². The Morgan fingerprint density at radius 3 is 2.75 bits per heavy atom. The number of carboxylic acid groups (broad SMARTS) is 1. The molecule has 2 rings (SSSR count). The van der Waals surface area contributed by atoms with Crippen LogP contribution in [0.3, 0.4) is 0 Å². The van der Waals surface area contributed by atoms with Crippen LogP contribution in [0.25, 0.3) is 0 Å². The van der Waals surface area contributed by atoms with Crippen molar-refractivity contribution in [3.8, 4) is 5.75 Å². The molecule has 0 aliphatic rings. The predicted octanol–water partition coefficient (Wildman–Crippen LogP) is 2.60. The summed E-state index contributed by atoms with van der Waals surface area (Å²) in [5, 5.41) is 19.4. The number of hydrogen-bond donors (Lipinski definition) is 1. The Bertz CT molecular complexity index is 666. The monoisotopic (exact) mass is 281 g/mol. The van der Waals surface area contributed by atoms with Gasteiger partial charge in [-0.1, -0.05) is 0 Å². The van der Waals surface area contributed by atoms with Gasteiger partial charge in [0, 0.05) is 0 Å². The number of ether oxygens (including phenoxy) is 1. The molecule has 0 unspecified atom stereocenters. The fourth-order valence-corrected chi connectivity index (χ4v) is 1.47. The molecular weight excluding hydrogens is 273 g/mol. The van der Waals surface area contributed by atoms with Gasteiger partial charge in [-0.05, 0) is 24.3 Å². The first-order chi connectivity index (χ1) is 9.47. The first-order valence-electron chi connectivity index (χ1n) is 5.36. The average molecular weight is 281 g/mol. The largest absolute Gasteiger partial charge is 0.479 e. The Kier molecular flexibility index (Phi) is 3.65. The van der Waals surface area contributed by atoms with Crippen LogP contribution in [0.4, 0.5) is 10.1 Å². The van der Waals surface area contributed by atoms with Crippen molar-refractivity contribution in [1.82, 2.24) is 0 Å². The van der Waals surface area contributed by atoms with Gasteiger partial charge in [0.05, 0.1) is 11.0 Å². The minimum absolute atomic E-state index is 0.135. The van der Waals surface area contributed by atoms with E-state index in [1.807, 2.05) is 0 Å². The molecule has 0 aliphatic heterocycles. The zero-order chi connectivity index (χ0) is 14.7. The Morgan fingerprint density at radius 1 is 1.40 bits per heavy atom. The highest BCUT2D eigenvalue weighted by Gasteiger charge is 2.17. The van der Waals surface area contributed by atoms with E-state index in [1.54, 1.807) is 0 Å². The van der Waals surface area contributed by atoms with Gasteiger partial charge in [0.15, 0.2) is 5.75 Å². The number of halogens is 1. The Labute approximate surface area is 111 Å². The summed E-state index contributed by atoms with van der Waals surface area (Å²) in [5.74, 6) is -2.21. The maximum atomic E-state index is 12.9. The lowest BCUT2D eigenvalue weighted by molar-refractivity contribution is -0.386. The topological polar surface area (TPSA) is 103 Å². The summed E-state index contributed by atoms with van der Waals surface area (Å²) in [6.07, 6.45) is 0. The van der Waals surface area contributed by atoms with Crippen molar-refractivity contribution in [2.45, 2.75) is 6.61 Å². The van der Waals surface area contributed by atoms with Crippen molar-refractivity contribution >= 4 is 11.7 Å². The van der Waals surface area contributed by atoms with Crippen LogP contribution in [-0.4, -0.2) is 16.0 Å². The molecule has 1 aromatic carbocycles. The van der Waals surface area contributed by atoms with E-state index in [0.717, 1.165) is 18.2 Å². The molecule has 0 aliphatic carbocycles. The first kappa shape index (κ1) is 13.5. The van der Waals surface area contributed by atoms with Crippen LogP contribution >= 0.6 is 0 Å². The molecule has 7 nitrogen and oxygen atoms in total. The van der Waals surface area contributed by atoms with Gasteiger partial charge in [0.2, 0.25) is 5.76 Å². The summed E-state index contributed by atoms with van der Waals surface area (Å²) in [5.41, 5.74) is -0.519. The molecule has 8 heteroatoms. The molecule has 0 saturated heterocycles. The van der Waals surface area contributed by atoms with E-state index in [0.29, 0.717) is 0 Å². The molecule has 0 fully saturated rings. The third kappa shape index (κ3) is 2.91. The Hall–Kier alpha value is -2.90. The quantitative estimate of drug-likeness (QED) is 0.667. The fourth-order valence-electron chi connectivity index (χ4n) is 1.47. The molecule has 2 aromatic rings. The number of aromatic carboxylic acids is 1. The van der Waals surface area contributed by atoms with Crippen LogP contribution in [0.15, 0.2) is 34.7 Å². The zero-order valence-corrected chi connectivity index (χ0v) is 9.91. The van der Waals surface area contributed by atoms with E-state index < -0.39 is 22.4 Å². The van der Waals surface area contributed by atoms with E-state index in [4.69, 9.17) is 14.3 Å². The van der Waals surface area contributed by atoms with Gasteiger partial charge in [0.1, 0.15) is 18.2 Å². The highest BCUT2D eigenvalue weighted by Crippen LogP contribution is 2.28. The molecule has 20 heavy (non-hydrogen) atoms. The Morgan fingerprint density at radius 2 is 2.15 bits per heavy atom. The van der Waals surface area contributed by atoms with Crippen molar-refractivity contribution in [2.75, 3.05) is 0 Å². The molecule has 1 N–H and O–H groups in total.